The number of pyridine rings is 1. The number of carboxylic acids is 1. The molecule has 176 valence electrons. The summed E-state index contributed by atoms with van der Waals surface area (Å²) < 4.78 is 50.5. The van der Waals surface area contributed by atoms with Gasteiger partial charge >= 0.3 is 12.1 Å². The Morgan fingerprint density at radius 1 is 1.21 bits per heavy atom. The third-order valence-electron chi connectivity index (χ3n) is 3.85. The Morgan fingerprint density at radius 2 is 1.91 bits per heavy atom. The Balaban J connectivity index is 2.33. The van der Waals surface area contributed by atoms with Crippen molar-refractivity contribution in [3.63, 3.8) is 0 Å². The summed E-state index contributed by atoms with van der Waals surface area (Å²) in [5.74, 6) is -2.16. The number of rotatable bonds is 9. The second kappa shape index (κ2) is 10.8. The lowest BCUT2D eigenvalue weighted by Crippen LogP contribution is -2.32. The van der Waals surface area contributed by atoms with Crippen LogP contribution in [0.5, 0.6) is 17.4 Å². The van der Waals surface area contributed by atoms with Crippen LogP contribution in [0.1, 0.15) is 0 Å². The van der Waals surface area contributed by atoms with E-state index in [1.54, 1.807) is 0 Å². The fourth-order valence-corrected chi connectivity index (χ4v) is 2.74. The Labute approximate surface area is 194 Å². The first-order chi connectivity index (χ1) is 15.4. The highest BCUT2D eigenvalue weighted by Gasteiger charge is 2.36. The summed E-state index contributed by atoms with van der Waals surface area (Å²) in [7, 11) is 2.24. The average Bonchev–Trinajstić information content (AvgIpc) is 2.72. The predicted molar refractivity (Wildman–Crippen MR) is 113 cm³/mol. The van der Waals surface area contributed by atoms with Gasteiger partial charge in [0.1, 0.15) is 17.2 Å². The van der Waals surface area contributed by atoms with E-state index in [2.05, 4.69) is 20.9 Å². The number of amides is 2. The highest BCUT2D eigenvalue weighted by atomic mass is 79.9. The molecule has 9 nitrogen and oxygen atoms in total. The summed E-state index contributed by atoms with van der Waals surface area (Å²) in [5.41, 5.74) is -1.29. The number of alkyl halides is 3. The van der Waals surface area contributed by atoms with E-state index in [1.807, 2.05) is 0 Å². The van der Waals surface area contributed by atoms with Crippen molar-refractivity contribution in [3.05, 3.63) is 52.8 Å². The third-order valence-corrected chi connectivity index (χ3v) is 4.50. The van der Waals surface area contributed by atoms with Gasteiger partial charge in [0.05, 0.1) is 10.2 Å². The van der Waals surface area contributed by atoms with E-state index in [1.165, 1.54) is 36.5 Å². The van der Waals surface area contributed by atoms with E-state index in [-0.39, 0.29) is 29.5 Å². The van der Waals surface area contributed by atoms with E-state index in [4.69, 9.17) is 14.6 Å². The highest BCUT2D eigenvalue weighted by molar-refractivity contribution is 9.10. The topological polar surface area (TPSA) is 109 Å². The molecule has 0 unspecified atom stereocenters. The average molecular weight is 532 g/mol. The molecule has 1 N–H and O–H groups in total. The summed E-state index contributed by atoms with van der Waals surface area (Å²) in [6, 6.07) is 6.75. The van der Waals surface area contributed by atoms with Crippen molar-refractivity contribution in [2.24, 2.45) is 0 Å². The third kappa shape index (κ3) is 7.20. The van der Waals surface area contributed by atoms with Crippen LogP contribution in [-0.4, -0.2) is 60.2 Å². The molecular weight excluding hydrogens is 515 g/mol. The van der Waals surface area contributed by atoms with Crippen molar-refractivity contribution in [2.45, 2.75) is 6.18 Å². The Bertz CT molecular complexity index is 1080. The minimum absolute atomic E-state index is 0.0274. The van der Waals surface area contributed by atoms with Gasteiger partial charge in [0.15, 0.2) is 6.61 Å². The number of allylic oxidation sites excluding steroid dienone is 1. The van der Waals surface area contributed by atoms with E-state index in [0.717, 1.165) is 14.1 Å². The number of carboxylic acid groups (broad SMARTS) is 1. The number of hydrogen-bond acceptors (Lipinski definition) is 7. The van der Waals surface area contributed by atoms with Crippen LogP contribution in [0.25, 0.3) is 0 Å². The van der Waals surface area contributed by atoms with Crippen molar-refractivity contribution in [2.75, 3.05) is 25.6 Å². The van der Waals surface area contributed by atoms with Gasteiger partial charge in [-0.3, -0.25) is 9.59 Å². The molecule has 33 heavy (non-hydrogen) atoms. The number of carbonyl (C=O) groups excluding carboxylic acids is 2. The number of benzene rings is 1. The minimum atomic E-state index is -4.80. The Hall–Kier alpha value is -3.61. The molecule has 0 spiro atoms. The molecule has 0 radical (unpaired) electrons. The molecule has 0 aliphatic carbocycles. The number of aliphatic carboxylic acids is 1. The molecule has 2 aromatic rings. The molecule has 0 saturated carbocycles. The van der Waals surface area contributed by atoms with Crippen LogP contribution >= 0.6 is 15.9 Å². The second-order valence-corrected chi connectivity index (χ2v) is 7.32. The van der Waals surface area contributed by atoms with Crippen LogP contribution in [0.2, 0.25) is 0 Å². The fourth-order valence-electron chi connectivity index (χ4n) is 2.41. The number of halogens is 4. The molecule has 0 aliphatic rings. The summed E-state index contributed by atoms with van der Waals surface area (Å²) in [6.45, 7) is -0.619. The van der Waals surface area contributed by atoms with E-state index in [0.29, 0.717) is 20.3 Å². The maximum absolute atomic E-state index is 13.1. The number of imide groups is 1. The van der Waals surface area contributed by atoms with Gasteiger partial charge in [-0.2, -0.15) is 13.2 Å². The Kier molecular flexibility index (Phi) is 8.40. The number of ether oxygens (including phenoxy) is 2. The first-order valence-electron chi connectivity index (χ1n) is 8.95. The molecule has 0 fully saturated rings. The Morgan fingerprint density at radius 3 is 2.48 bits per heavy atom. The number of aromatic nitrogens is 1. The van der Waals surface area contributed by atoms with Gasteiger partial charge < -0.3 is 19.5 Å². The van der Waals surface area contributed by atoms with Crippen molar-refractivity contribution < 1.29 is 42.1 Å². The van der Waals surface area contributed by atoms with E-state index < -0.39 is 30.4 Å². The summed E-state index contributed by atoms with van der Waals surface area (Å²) in [5, 5.41) is 8.68. The van der Waals surface area contributed by atoms with Crippen molar-refractivity contribution in [3.8, 4) is 17.4 Å². The van der Waals surface area contributed by atoms with Crippen LogP contribution in [0.4, 0.5) is 18.9 Å². The molecule has 0 atom stereocenters. The van der Waals surface area contributed by atoms with Crippen LogP contribution in [0.15, 0.2) is 52.8 Å². The first-order valence-corrected chi connectivity index (χ1v) is 9.74. The SMILES string of the molecule is CN(C)/C(=C\C(=O)N(C=O)c1ccc(Br)c(Oc2ccnc(OCC(=O)O)c2)c1)C(F)(F)F. The zero-order chi connectivity index (χ0) is 24.8. The molecule has 1 aromatic carbocycles. The van der Waals surface area contributed by atoms with Crippen molar-refractivity contribution >= 4 is 39.9 Å². The molecule has 0 saturated heterocycles. The molecular formula is C20H17BrF3N3O6. The van der Waals surface area contributed by atoms with Crippen LogP contribution in [0, 0.1) is 0 Å². The maximum atomic E-state index is 13.1. The van der Waals surface area contributed by atoms with Gasteiger partial charge in [-0.1, -0.05) is 0 Å². The van der Waals surface area contributed by atoms with Gasteiger partial charge in [0.25, 0.3) is 5.91 Å². The zero-order valence-corrected chi connectivity index (χ0v) is 18.8. The summed E-state index contributed by atoms with van der Waals surface area (Å²) in [6.07, 6.45) is -3.11. The predicted octanol–water partition coefficient (Wildman–Crippen LogP) is 3.60. The smallest absolute Gasteiger partial charge is 0.431 e. The normalized spacial score (nSPS) is 11.5. The summed E-state index contributed by atoms with van der Waals surface area (Å²) >= 11 is 3.24. The number of nitrogens with zero attached hydrogens (tertiary/aromatic N) is 3. The van der Waals surface area contributed by atoms with E-state index >= 15 is 0 Å². The molecule has 0 aliphatic heterocycles. The second-order valence-electron chi connectivity index (χ2n) is 6.46. The number of carbonyl (C=O) groups is 3. The van der Waals surface area contributed by atoms with Crippen molar-refractivity contribution in [1.82, 2.24) is 9.88 Å². The largest absolute Gasteiger partial charge is 0.479 e. The quantitative estimate of drug-likeness (QED) is 0.386. The van der Waals surface area contributed by atoms with Gasteiger partial charge in [-0.15, -0.1) is 0 Å². The molecule has 2 rings (SSSR count). The highest BCUT2D eigenvalue weighted by Crippen LogP contribution is 2.34. The zero-order valence-electron chi connectivity index (χ0n) is 17.2. The van der Waals surface area contributed by atoms with Gasteiger partial charge in [-0.25, -0.2) is 14.7 Å². The minimum Gasteiger partial charge on any atom is -0.479 e. The standard InChI is InChI=1S/C20H17BrF3N3O6/c1-26(2)16(20(22,23)24)9-18(29)27(11-28)12-3-4-14(21)15(7-12)33-13-5-6-25-17(8-13)32-10-19(30)31/h3-9,11H,10H2,1-2H3,(H,30,31)/b16-9-. The van der Waals surface area contributed by atoms with E-state index in [9.17, 15) is 27.6 Å². The number of anilines is 1. The fraction of sp³-hybridized carbons (Fsp3) is 0.200. The lowest BCUT2D eigenvalue weighted by molar-refractivity contribution is -0.139. The van der Waals surface area contributed by atoms with Crippen LogP contribution in [-0.2, 0) is 14.4 Å². The van der Waals surface area contributed by atoms with Crippen LogP contribution < -0.4 is 14.4 Å². The lowest BCUT2D eigenvalue weighted by Gasteiger charge is -2.21. The molecule has 0 bridgehead atoms. The van der Waals surface area contributed by atoms with Gasteiger partial charge in [0.2, 0.25) is 12.3 Å². The van der Waals surface area contributed by atoms with Gasteiger partial charge in [0, 0.05) is 38.5 Å². The van der Waals surface area contributed by atoms with Gasteiger partial charge in [-0.05, 0) is 34.1 Å². The van der Waals surface area contributed by atoms with Crippen molar-refractivity contribution in [1.29, 1.82) is 0 Å². The molecule has 1 aromatic heterocycles. The number of hydrogen-bond donors (Lipinski definition) is 1. The lowest BCUT2D eigenvalue weighted by atomic mass is 10.2. The summed E-state index contributed by atoms with van der Waals surface area (Å²) in [4.78, 5) is 39.6. The molecule has 1 heterocycles. The molecule has 2 amide bonds. The maximum Gasteiger partial charge on any atom is 0.431 e. The van der Waals surface area contributed by atoms with Crippen LogP contribution in [0.3, 0.4) is 0 Å². The monoisotopic (exact) mass is 531 g/mol. The first kappa shape index (κ1) is 25.6. The molecule has 13 heteroatoms.